The summed E-state index contributed by atoms with van der Waals surface area (Å²) < 4.78 is 5.47. The first kappa shape index (κ1) is 18.9. The minimum atomic E-state index is -0.608. The molecule has 2 aliphatic heterocycles. The minimum absolute atomic E-state index is 0.193. The molecule has 4 rings (SSSR count). The van der Waals surface area contributed by atoms with Gasteiger partial charge < -0.3 is 4.74 Å². The Morgan fingerprint density at radius 1 is 1.10 bits per heavy atom. The molecule has 0 aromatic heterocycles. The van der Waals surface area contributed by atoms with Crippen LogP contribution in [0.1, 0.15) is 25.8 Å². The van der Waals surface area contributed by atoms with Crippen LogP contribution in [-0.2, 0) is 9.59 Å². The summed E-state index contributed by atoms with van der Waals surface area (Å²) in [4.78, 5) is 25.7. The maximum absolute atomic E-state index is 13.1. The first-order chi connectivity index (χ1) is 14.1. The Kier molecular flexibility index (Phi) is 5.12. The third-order valence-corrected chi connectivity index (χ3v) is 5.14. The third-order valence-electron chi connectivity index (χ3n) is 5.14. The molecule has 0 bridgehead atoms. The zero-order chi connectivity index (χ0) is 20.4. The summed E-state index contributed by atoms with van der Waals surface area (Å²) in [6.07, 6.45) is 0.367. The van der Waals surface area contributed by atoms with Crippen LogP contribution in [0.2, 0.25) is 0 Å². The van der Waals surface area contributed by atoms with Crippen molar-refractivity contribution in [2.75, 3.05) is 11.6 Å². The van der Waals surface area contributed by atoms with Gasteiger partial charge in [-0.3, -0.25) is 9.59 Å². The number of nitrogens with one attached hydrogen (secondary N) is 1. The number of carbonyl (C=O) groups is 2. The number of hydrogen-bond acceptors (Lipinski definition) is 5. The monoisotopic (exact) mass is 390 g/mol. The van der Waals surface area contributed by atoms with Gasteiger partial charge in [0, 0.05) is 12.1 Å². The summed E-state index contributed by atoms with van der Waals surface area (Å²) in [7, 11) is 0. The van der Waals surface area contributed by atoms with Gasteiger partial charge in [-0.2, -0.15) is 10.2 Å². The number of nitrogens with zero attached hydrogens (tertiary/aromatic N) is 3. The first-order valence-corrected chi connectivity index (χ1v) is 9.62. The lowest BCUT2D eigenvalue weighted by Gasteiger charge is -2.26. The van der Waals surface area contributed by atoms with Gasteiger partial charge in [0.25, 0.3) is 5.91 Å². The van der Waals surface area contributed by atoms with Crippen molar-refractivity contribution >= 4 is 28.9 Å². The van der Waals surface area contributed by atoms with Crippen LogP contribution >= 0.6 is 0 Å². The molecule has 0 spiro atoms. The van der Waals surface area contributed by atoms with Crippen LogP contribution in [0, 0.1) is 11.8 Å². The van der Waals surface area contributed by atoms with Crippen molar-refractivity contribution in [3.8, 4) is 5.75 Å². The number of hydrazone groups is 2. The number of ether oxygens (including phenoxy) is 1. The number of hydrogen-bond donors (Lipinski definition) is 1. The number of para-hydroxylation sites is 1. The van der Waals surface area contributed by atoms with Crippen LogP contribution < -0.4 is 15.2 Å². The molecule has 0 saturated heterocycles. The van der Waals surface area contributed by atoms with E-state index < -0.39 is 11.8 Å². The van der Waals surface area contributed by atoms with E-state index in [9.17, 15) is 9.59 Å². The molecule has 2 atom stereocenters. The molecule has 2 unspecified atom stereocenters. The molecule has 2 aliphatic rings. The smallest absolute Gasteiger partial charge is 0.257 e. The second-order valence-electron chi connectivity index (χ2n) is 7.01. The van der Waals surface area contributed by atoms with Crippen LogP contribution in [0.4, 0.5) is 5.69 Å². The summed E-state index contributed by atoms with van der Waals surface area (Å²) >= 11 is 0. The van der Waals surface area contributed by atoms with Crippen molar-refractivity contribution < 1.29 is 14.3 Å². The van der Waals surface area contributed by atoms with Crippen molar-refractivity contribution in [1.29, 1.82) is 0 Å². The van der Waals surface area contributed by atoms with Gasteiger partial charge in [-0.1, -0.05) is 18.2 Å². The SMILES string of the molecule is CCOc1ccc(C2=NNC(=O)C(C3C(=O)N(c4ccccc4)N=C3C)C2)cc1. The molecule has 2 aromatic rings. The maximum Gasteiger partial charge on any atom is 0.257 e. The molecule has 29 heavy (non-hydrogen) atoms. The molecule has 148 valence electrons. The minimum Gasteiger partial charge on any atom is -0.494 e. The van der Waals surface area contributed by atoms with E-state index in [0.29, 0.717) is 24.4 Å². The van der Waals surface area contributed by atoms with E-state index in [1.165, 1.54) is 5.01 Å². The van der Waals surface area contributed by atoms with Crippen LogP contribution in [0.15, 0.2) is 64.8 Å². The zero-order valence-electron chi connectivity index (χ0n) is 16.3. The van der Waals surface area contributed by atoms with E-state index in [2.05, 4.69) is 15.6 Å². The lowest BCUT2D eigenvalue weighted by Crippen LogP contribution is -2.44. The van der Waals surface area contributed by atoms with Gasteiger partial charge in [0.2, 0.25) is 5.91 Å². The van der Waals surface area contributed by atoms with Gasteiger partial charge in [-0.25, -0.2) is 10.4 Å². The van der Waals surface area contributed by atoms with Crippen LogP contribution in [0.5, 0.6) is 5.75 Å². The topological polar surface area (TPSA) is 83.4 Å². The zero-order valence-corrected chi connectivity index (χ0v) is 16.3. The van der Waals surface area contributed by atoms with E-state index in [1.807, 2.05) is 61.5 Å². The fourth-order valence-electron chi connectivity index (χ4n) is 3.71. The Hall–Kier alpha value is -3.48. The lowest BCUT2D eigenvalue weighted by atomic mass is 9.82. The predicted octanol–water partition coefficient (Wildman–Crippen LogP) is 2.96. The van der Waals surface area contributed by atoms with Gasteiger partial charge in [0.05, 0.1) is 29.8 Å². The molecule has 0 radical (unpaired) electrons. The number of carbonyl (C=O) groups excluding carboxylic acids is 2. The molecule has 2 amide bonds. The van der Waals surface area contributed by atoms with E-state index in [0.717, 1.165) is 17.0 Å². The highest BCUT2D eigenvalue weighted by Gasteiger charge is 2.44. The Morgan fingerprint density at radius 2 is 1.83 bits per heavy atom. The second kappa shape index (κ2) is 7.87. The van der Waals surface area contributed by atoms with Crippen molar-refractivity contribution in [2.24, 2.45) is 22.0 Å². The number of benzene rings is 2. The molecule has 2 heterocycles. The van der Waals surface area contributed by atoms with Gasteiger partial charge >= 0.3 is 0 Å². The molecule has 0 aliphatic carbocycles. The second-order valence-corrected chi connectivity index (χ2v) is 7.01. The third kappa shape index (κ3) is 3.63. The van der Waals surface area contributed by atoms with Crippen LogP contribution in [0.3, 0.4) is 0 Å². The average molecular weight is 390 g/mol. The first-order valence-electron chi connectivity index (χ1n) is 9.62. The molecule has 1 N–H and O–H groups in total. The van der Waals surface area contributed by atoms with E-state index in [4.69, 9.17) is 4.74 Å². The molecule has 7 heteroatoms. The molecular formula is C22H22N4O3. The summed E-state index contributed by atoms with van der Waals surface area (Å²) in [5, 5.41) is 10.0. The Balaban J connectivity index is 1.56. The number of rotatable bonds is 5. The fraction of sp³-hybridized carbons (Fsp3) is 0.273. The van der Waals surface area contributed by atoms with Gasteiger partial charge in [-0.15, -0.1) is 0 Å². The molecule has 0 fully saturated rings. The standard InChI is InChI=1S/C22H22N4O3/c1-3-29-17-11-9-15(10-12-17)19-13-18(21(27)24-23-19)20-14(2)25-26(22(20)28)16-7-5-4-6-8-16/h4-12,18,20H,3,13H2,1-2H3,(H,24,27). The Labute approximate surface area is 169 Å². The molecule has 0 saturated carbocycles. The van der Waals surface area contributed by atoms with Gasteiger partial charge in [-0.05, 0) is 55.8 Å². The average Bonchev–Trinajstić information content (AvgIpc) is 3.04. The summed E-state index contributed by atoms with van der Waals surface area (Å²) in [6.45, 7) is 4.32. The molecule has 7 nitrogen and oxygen atoms in total. The van der Waals surface area contributed by atoms with Gasteiger partial charge in [0.15, 0.2) is 0 Å². The highest BCUT2D eigenvalue weighted by atomic mass is 16.5. The van der Waals surface area contributed by atoms with Crippen molar-refractivity contribution in [3.05, 3.63) is 60.2 Å². The highest BCUT2D eigenvalue weighted by Crippen LogP contribution is 2.32. The predicted molar refractivity (Wildman–Crippen MR) is 111 cm³/mol. The number of amides is 2. The summed E-state index contributed by atoms with van der Waals surface area (Å²) in [6, 6.07) is 16.8. The maximum atomic E-state index is 13.1. The fourth-order valence-corrected chi connectivity index (χ4v) is 3.71. The highest BCUT2D eigenvalue weighted by molar-refractivity contribution is 6.18. The molecule has 2 aromatic carbocycles. The Bertz CT molecular complexity index is 983. The van der Waals surface area contributed by atoms with Crippen molar-refractivity contribution in [2.45, 2.75) is 20.3 Å². The van der Waals surface area contributed by atoms with E-state index >= 15 is 0 Å². The van der Waals surface area contributed by atoms with Gasteiger partial charge in [0.1, 0.15) is 5.75 Å². The quantitative estimate of drug-likeness (QED) is 0.852. The van der Waals surface area contributed by atoms with E-state index in [1.54, 1.807) is 6.92 Å². The van der Waals surface area contributed by atoms with Crippen molar-refractivity contribution in [1.82, 2.24) is 5.43 Å². The largest absolute Gasteiger partial charge is 0.494 e. The molecular weight excluding hydrogens is 368 g/mol. The Morgan fingerprint density at radius 3 is 2.52 bits per heavy atom. The van der Waals surface area contributed by atoms with Crippen LogP contribution in [0.25, 0.3) is 0 Å². The normalized spacial score (nSPS) is 21.5. The van der Waals surface area contributed by atoms with Crippen LogP contribution in [-0.4, -0.2) is 29.8 Å². The van der Waals surface area contributed by atoms with E-state index in [-0.39, 0.29) is 11.8 Å². The number of anilines is 1. The van der Waals surface area contributed by atoms with Crippen molar-refractivity contribution in [3.63, 3.8) is 0 Å². The lowest BCUT2D eigenvalue weighted by molar-refractivity contribution is -0.131. The summed E-state index contributed by atoms with van der Waals surface area (Å²) in [5.74, 6) is -0.840. The summed E-state index contributed by atoms with van der Waals surface area (Å²) in [5.41, 5.74) is 5.53.